The highest BCUT2D eigenvalue weighted by Crippen LogP contribution is 2.26. The normalized spacial score (nSPS) is 11.7. The first kappa shape index (κ1) is 14.1. The van der Waals surface area contributed by atoms with Crippen LogP contribution >= 0.6 is 0 Å². The van der Waals surface area contributed by atoms with E-state index in [1.54, 1.807) is 12.1 Å². The molecule has 0 fully saturated rings. The summed E-state index contributed by atoms with van der Waals surface area (Å²) in [5, 5.41) is 18.6. The zero-order chi connectivity index (χ0) is 14.5. The van der Waals surface area contributed by atoms with E-state index in [2.05, 4.69) is 6.07 Å². The molecule has 20 heavy (non-hydrogen) atoms. The van der Waals surface area contributed by atoms with E-state index in [0.29, 0.717) is 12.0 Å². The van der Waals surface area contributed by atoms with E-state index in [-0.39, 0.29) is 0 Å². The van der Waals surface area contributed by atoms with Gasteiger partial charge in [0.05, 0.1) is 17.7 Å². The van der Waals surface area contributed by atoms with Crippen molar-refractivity contribution in [3.05, 3.63) is 59.7 Å². The van der Waals surface area contributed by atoms with Crippen LogP contribution in [0.1, 0.15) is 30.6 Å². The molecular formula is C17H18N2O. The number of anilines is 2. The molecular weight excluding hydrogens is 248 g/mol. The van der Waals surface area contributed by atoms with Crippen molar-refractivity contribution in [2.75, 3.05) is 11.9 Å². The van der Waals surface area contributed by atoms with Crippen LogP contribution in [0.5, 0.6) is 0 Å². The SMILES string of the molecule is CCC(O)c1ccc(N(C)c2ccc(C#N)cc2)cc1. The second kappa shape index (κ2) is 6.23. The van der Waals surface area contributed by atoms with E-state index in [1.165, 1.54) is 0 Å². The maximum atomic E-state index is 9.79. The van der Waals surface area contributed by atoms with Gasteiger partial charge in [0.2, 0.25) is 0 Å². The van der Waals surface area contributed by atoms with Crippen molar-refractivity contribution in [1.29, 1.82) is 5.26 Å². The molecule has 0 aromatic heterocycles. The number of aliphatic hydroxyl groups is 1. The fraction of sp³-hybridized carbons (Fsp3) is 0.235. The molecule has 0 aliphatic rings. The van der Waals surface area contributed by atoms with E-state index in [9.17, 15) is 5.11 Å². The van der Waals surface area contributed by atoms with E-state index >= 15 is 0 Å². The van der Waals surface area contributed by atoms with Gasteiger partial charge < -0.3 is 10.0 Å². The van der Waals surface area contributed by atoms with Crippen molar-refractivity contribution in [3.63, 3.8) is 0 Å². The molecule has 2 aromatic carbocycles. The summed E-state index contributed by atoms with van der Waals surface area (Å²) in [7, 11) is 1.98. The summed E-state index contributed by atoms with van der Waals surface area (Å²) in [6.07, 6.45) is 0.314. The topological polar surface area (TPSA) is 47.3 Å². The minimum absolute atomic E-state index is 0.399. The van der Waals surface area contributed by atoms with Gasteiger partial charge in [-0.1, -0.05) is 19.1 Å². The first-order valence-corrected chi connectivity index (χ1v) is 6.67. The molecule has 0 spiro atoms. The Balaban J connectivity index is 2.20. The molecule has 1 N–H and O–H groups in total. The quantitative estimate of drug-likeness (QED) is 0.916. The van der Waals surface area contributed by atoms with Gasteiger partial charge >= 0.3 is 0 Å². The first-order valence-electron chi connectivity index (χ1n) is 6.67. The molecule has 0 aliphatic heterocycles. The average Bonchev–Trinajstić information content (AvgIpc) is 2.53. The molecule has 102 valence electrons. The standard InChI is InChI=1S/C17H18N2O/c1-3-17(20)14-6-10-16(11-7-14)19(2)15-8-4-13(12-18)5-9-15/h4-11,17,20H,3H2,1-2H3. The summed E-state index contributed by atoms with van der Waals surface area (Å²) in [6, 6.07) is 17.5. The molecule has 3 heteroatoms. The van der Waals surface area contributed by atoms with Gasteiger partial charge in [0.25, 0.3) is 0 Å². The van der Waals surface area contributed by atoms with E-state index in [1.807, 2.05) is 55.3 Å². The summed E-state index contributed by atoms with van der Waals surface area (Å²) in [6.45, 7) is 1.96. The molecule has 0 radical (unpaired) electrons. The highest BCUT2D eigenvalue weighted by atomic mass is 16.3. The summed E-state index contributed by atoms with van der Waals surface area (Å²) in [5.74, 6) is 0. The number of aliphatic hydroxyl groups excluding tert-OH is 1. The fourth-order valence-corrected chi connectivity index (χ4v) is 2.06. The molecule has 0 aliphatic carbocycles. The summed E-state index contributed by atoms with van der Waals surface area (Å²) in [4.78, 5) is 2.04. The Morgan fingerprint density at radius 1 is 1.05 bits per heavy atom. The van der Waals surface area contributed by atoms with Gasteiger partial charge in [-0.05, 0) is 48.4 Å². The van der Waals surface area contributed by atoms with Gasteiger partial charge in [0, 0.05) is 18.4 Å². The molecule has 2 aromatic rings. The Kier molecular flexibility index (Phi) is 4.39. The van der Waals surface area contributed by atoms with Crippen LogP contribution in [0.3, 0.4) is 0 Å². The molecule has 0 heterocycles. The molecule has 0 bridgehead atoms. The summed E-state index contributed by atoms with van der Waals surface area (Å²) in [5.41, 5.74) is 3.66. The third kappa shape index (κ3) is 2.98. The van der Waals surface area contributed by atoms with Crippen molar-refractivity contribution in [3.8, 4) is 6.07 Å². The zero-order valence-electron chi connectivity index (χ0n) is 11.7. The zero-order valence-corrected chi connectivity index (χ0v) is 11.7. The van der Waals surface area contributed by atoms with Crippen molar-refractivity contribution >= 4 is 11.4 Å². The van der Waals surface area contributed by atoms with Crippen molar-refractivity contribution < 1.29 is 5.11 Å². The van der Waals surface area contributed by atoms with Gasteiger partial charge in [0.1, 0.15) is 0 Å². The summed E-state index contributed by atoms with van der Waals surface area (Å²) >= 11 is 0. The van der Waals surface area contributed by atoms with Crippen LogP contribution in [0.15, 0.2) is 48.5 Å². The fourth-order valence-electron chi connectivity index (χ4n) is 2.06. The summed E-state index contributed by atoms with van der Waals surface area (Å²) < 4.78 is 0. The van der Waals surface area contributed by atoms with Crippen LogP contribution < -0.4 is 4.90 Å². The third-order valence-corrected chi connectivity index (χ3v) is 3.44. The average molecular weight is 266 g/mol. The second-order valence-electron chi connectivity index (χ2n) is 4.73. The van der Waals surface area contributed by atoms with Crippen molar-refractivity contribution in [2.24, 2.45) is 0 Å². The van der Waals surface area contributed by atoms with Gasteiger partial charge in [0.15, 0.2) is 0 Å². The largest absolute Gasteiger partial charge is 0.388 e. The second-order valence-corrected chi connectivity index (χ2v) is 4.73. The van der Waals surface area contributed by atoms with Crippen LogP contribution in [-0.4, -0.2) is 12.2 Å². The lowest BCUT2D eigenvalue weighted by Crippen LogP contribution is -2.09. The first-order chi connectivity index (χ1) is 9.65. The molecule has 0 saturated heterocycles. The van der Waals surface area contributed by atoms with Crippen LogP contribution in [0.2, 0.25) is 0 Å². The van der Waals surface area contributed by atoms with E-state index in [0.717, 1.165) is 16.9 Å². The lowest BCUT2D eigenvalue weighted by Gasteiger charge is -2.20. The monoisotopic (exact) mass is 266 g/mol. The molecule has 2 rings (SSSR count). The van der Waals surface area contributed by atoms with Gasteiger partial charge in [-0.3, -0.25) is 0 Å². The smallest absolute Gasteiger partial charge is 0.0991 e. The Bertz CT molecular complexity index is 596. The molecule has 0 saturated carbocycles. The number of benzene rings is 2. The third-order valence-electron chi connectivity index (χ3n) is 3.44. The van der Waals surface area contributed by atoms with Crippen molar-refractivity contribution in [1.82, 2.24) is 0 Å². The highest BCUT2D eigenvalue weighted by Gasteiger charge is 2.07. The highest BCUT2D eigenvalue weighted by molar-refractivity contribution is 5.63. The molecule has 0 amide bonds. The maximum Gasteiger partial charge on any atom is 0.0991 e. The minimum Gasteiger partial charge on any atom is -0.388 e. The van der Waals surface area contributed by atoms with Crippen LogP contribution in [0.4, 0.5) is 11.4 Å². The Hall–Kier alpha value is -2.31. The van der Waals surface area contributed by atoms with Crippen LogP contribution in [0, 0.1) is 11.3 Å². The number of nitrogens with zero attached hydrogens (tertiary/aromatic N) is 2. The maximum absolute atomic E-state index is 9.79. The van der Waals surface area contributed by atoms with Crippen LogP contribution in [-0.2, 0) is 0 Å². The lowest BCUT2D eigenvalue weighted by atomic mass is 10.1. The van der Waals surface area contributed by atoms with Crippen molar-refractivity contribution in [2.45, 2.75) is 19.4 Å². The predicted molar refractivity (Wildman–Crippen MR) is 80.9 cm³/mol. The number of hydrogen-bond donors (Lipinski definition) is 1. The minimum atomic E-state index is -0.399. The Labute approximate surface area is 119 Å². The molecule has 1 unspecified atom stereocenters. The van der Waals surface area contributed by atoms with E-state index in [4.69, 9.17) is 5.26 Å². The number of hydrogen-bond acceptors (Lipinski definition) is 3. The van der Waals surface area contributed by atoms with Gasteiger partial charge in [-0.15, -0.1) is 0 Å². The van der Waals surface area contributed by atoms with E-state index < -0.39 is 6.10 Å². The number of rotatable bonds is 4. The molecule has 1 atom stereocenters. The lowest BCUT2D eigenvalue weighted by molar-refractivity contribution is 0.173. The molecule has 3 nitrogen and oxygen atoms in total. The van der Waals surface area contributed by atoms with Gasteiger partial charge in [-0.25, -0.2) is 0 Å². The van der Waals surface area contributed by atoms with Gasteiger partial charge in [-0.2, -0.15) is 5.26 Å². The Morgan fingerprint density at radius 3 is 2.00 bits per heavy atom. The Morgan fingerprint density at radius 2 is 1.55 bits per heavy atom. The predicted octanol–water partition coefficient (Wildman–Crippen LogP) is 3.77. The van der Waals surface area contributed by atoms with Crippen LogP contribution in [0.25, 0.3) is 0 Å². The number of nitriles is 1.